The average Bonchev–Trinajstić information content (AvgIpc) is 3.06. The molecule has 0 aliphatic rings. The Morgan fingerprint density at radius 3 is 2.27 bits per heavy atom. The minimum Gasteiger partial charge on any atom is -0.465 e. The van der Waals surface area contributed by atoms with Crippen LogP contribution in [0.3, 0.4) is 0 Å². The van der Waals surface area contributed by atoms with Crippen molar-refractivity contribution < 1.29 is 23.9 Å². The predicted octanol–water partition coefficient (Wildman–Crippen LogP) is 4.57. The lowest BCUT2D eigenvalue weighted by Gasteiger charge is -2.16. The number of esters is 2. The number of rotatable bonds is 7. The lowest BCUT2D eigenvalue weighted by Crippen LogP contribution is -2.27. The summed E-state index contributed by atoms with van der Waals surface area (Å²) in [5.74, 6) is -3.29. The van der Waals surface area contributed by atoms with Crippen LogP contribution in [0.2, 0.25) is 5.02 Å². The van der Waals surface area contributed by atoms with Gasteiger partial charge in [-0.25, -0.2) is 0 Å². The molecule has 156 valence electrons. The number of carbonyl (C=O) groups is 3. The highest BCUT2D eigenvalue weighted by Gasteiger charge is 2.37. The van der Waals surface area contributed by atoms with Crippen molar-refractivity contribution in [1.82, 2.24) is 4.98 Å². The zero-order valence-corrected chi connectivity index (χ0v) is 17.7. The molecule has 0 bridgehead atoms. The van der Waals surface area contributed by atoms with Crippen LogP contribution in [0.15, 0.2) is 42.5 Å². The monoisotopic (exact) mass is 427 g/mol. The van der Waals surface area contributed by atoms with Crippen molar-refractivity contribution in [3.63, 3.8) is 0 Å². The molecular formula is C23H22ClNO5. The number of halogens is 1. The number of nitrogens with one attached hydrogen (secondary N) is 1. The Balaban J connectivity index is 2.26. The molecule has 0 saturated heterocycles. The fraction of sp³-hybridized carbons (Fsp3) is 0.261. The summed E-state index contributed by atoms with van der Waals surface area (Å²) in [5.41, 5.74) is 2.23. The van der Waals surface area contributed by atoms with E-state index in [2.05, 4.69) is 4.98 Å². The molecule has 3 aromatic rings. The van der Waals surface area contributed by atoms with Crippen LogP contribution in [0.1, 0.15) is 46.9 Å². The number of aromatic nitrogens is 1. The Labute approximate surface area is 179 Å². The highest BCUT2D eigenvalue weighted by atomic mass is 35.5. The van der Waals surface area contributed by atoms with Gasteiger partial charge in [0.1, 0.15) is 0 Å². The minimum absolute atomic E-state index is 0.0874. The maximum absolute atomic E-state index is 13.4. The van der Waals surface area contributed by atoms with Gasteiger partial charge in [-0.2, -0.15) is 0 Å². The Kier molecular flexibility index (Phi) is 6.57. The number of hydrogen-bond acceptors (Lipinski definition) is 5. The summed E-state index contributed by atoms with van der Waals surface area (Å²) < 4.78 is 10.3. The maximum Gasteiger partial charge on any atom is 0.324 e. The van der Waals surface area contributed by atoms with E-state index in [0.717, 1.165) is 5.56 Å². The Hall–Kier alpha value is -3.12. The molecule has 0 radical (unpaired) electrons. The Morgan fingerprint density at radius 2 is 1.67 bits per heavy atom. The van der Waals surface area contributed by atoms with Crippen molar-refractivity contribution in [3.05, 3.63) is 69.9 Å². The first-order chi connectivity index (χ1) is 14.4. The molecule has 0 aliphatic carbocycles. The standard InChI is InChI=1S/C23H22ClNO5/c1-4-29-22(27)19(23(28)30-5-2)18-16-10-9-15(24)12-17(16)25-20(18)21(26)14-8-6-7-13(3)11-14/h6-12,19,25H,4-5H2,1-3H3. The van der Waals surface area contributed by atoms with Crippen molar-refractivity contribution in [2.75, 3.05) is 13.2 Å². The minimum atomic E-state index is -1.40. The van der Waals surface area contributed by atoms with Gasteiger partial charge in [0.05, 0.1) is 18.9 Å². The molecule has 0 amide bonds. The number of ketones is 1. The summed E-state index contributed by atoms with van der Waals surface area (Å²) in [4.78, 5) is 41.9. The molecule has 1 heterocycles. The van der Waals surface area contributed by atoms with E-state index in [4.69, 9.17) is 21.1 Å². The average molecular weight is 428 g/mol. The van der Waals surface area contributed by atoms with Crippen molar-refractivity contribution >= 4 is 40.2 Å². The van der Waals surface area contributed by atoms with E-state index in [0.29, 0.717) is 21.5 Å². The van der Waals surface area contributed by atoms with Crippen LogP contribution in [0.5, 0.6) is 0 Å². The van der Waals surface area contributed by atoms with Crippen LogP contribution < -0.4 is 0 Å². The van der Waals surface area contributed by atoms with Gasteiger partial charge in [-0.3, -0.25) is 14.4 Å². The maximum atomic E-state index is 13.4. The first kappa shape index (κ1) is 21.6. The summed E-state index contributed by atoms with van der Waals surface area (Å²) in [6.07, 6.45) is 0. The van der Waals surface area contributed by atoms with Gasteiger partial charge >= 0.3 is 11.9 Å². The largest absolute Gasteiger partial charge is 0.465 e. The third kappa shape index (κ3) is 4.24. The second-order valence-corrected chi connectivity index (χ2v) is 7.18. The summed E-state index contributed by atoms with van der Waals surface area (Å²) >= 11 is 6.11. The van der Waals surface area contributed by atoms with E-state index in [-0.39, 0.29) is 30.3 Å². The number of aromatic amines is 1. The number of fused-ring (bicyclic) bond motifs is 1. The fourth-order valence-corrected chi connectivity index (χ4v) is 3.56. The summed E-state index contributed by atoms with van der Waals surface area (Å²) in [6, 6.07) is 12.0. The molecule has 0 atom stereocenters. The molecule has 0 fully saturated rings. The van der Waals surface area contributed by atoms with E-state index < -0.39 is 17.9 Å². The fourth-order valence-electron chi connectivity index (χ4n) is 3.38. The molecule has 0 unspecified atom stereocenters. The number of hydrogen-bond donors (Lipinski definition) is 1. The van der Waals surface area contributed by atoms with E-state index in [1.54, 1.807) is 50.2 Å². The molecule has 0 saturated carbocycles. The molecule has 30 heavy (non-hydrogen) atoms. The van der Waals surface area contributed by atoms with Gasteiger partial charge in [-0.05, 0) is 39.0 Å². The lowest BCUT2D eigenvalue weighted by atomic mass is 9.92. The Morgan fingerprint density at radius 1 is 1.00 bits per heavy atom. The summed E-state index contributed by atoms with van der Waals surface area (Å²) in [5, 5.41) is 0.982. The lowest BCUT2D eigenvalue weighted by molar-refractivity contribution is -0.156. The van der Waals surface area contributed by atoms with Crippen LogP contribution in [0, 0.1) is 6.92 Å². The van der Waals surface area contributed by atoms with Crippen LogP contribution in [-0.2, 0) is 19.1 Å². The number of carbonyl (C=O) groups excluding carboxylic acids is 3. The van der Waals surface area contributed by atoms with Crippen molar-refractivity contribution in [3.8, 4) is 0 Å². The summed E-state index contributed by atoms with van der Waals surface area (Å²) in [7, 11) is 0. The van der Waals surface area contributed by atoms with E-state index in [1.807, 2.05) is 13.0 Å². The number of H-pyrrole nitrogens is 1. The van der Waals surface area contributed by atoms with Gasteiger partial charge in [0.25, 0.3) is 0 Å². The number of benzene rings is 2. The molecule has 1 N–H and O–H groups in total. The normalized spacial score (nSPS) is 11.0. The van der Waals surface area contributed by atoms with Gasteiger partial charge in [0.15, 0.2) is 5.92 Å². The van der Waals surface area contributed by atoms with Gasteiger partial charge in [0, 0.05) is 27.1 Å². The highest BCUT2D eigenvalue weighted by molar-refractivity contribution is 6.31. The van der Waals surface area contributed by atoms with E-state index in [9.17, 15) is 14.4 Å². The van der Waals surface area contributed by atoms with Crippen LogP contribution in [-0.4, -0.2) is 35.9 Å². The molecule has 7 heteroatoms. The van der Waals surface area contributed by atoms with Gasteiger partial charge < -0.3 is 14.5 Å². The van der Waals surface area contributed by atoms with Crippen LogP contribution >= 0.6 is 11.6 Å². The molecule has 6 nitrogen and oxygen atoms in total. The first-order valence-electron chi connectivity index (χ1n) is 9.63. The molecular weight excluding hydrogens is 406 g/mol. The zero-order chi connectivity index (χ0) is 21.8. The van der Waals surface area contributed by atoms with Gasteiger partial charge in [0.2, 0.25) is 5.78 Å². The molecule has 0 aliphatic heterocycles. The van der Waals surface area contributed by atoms with Gasteiger partial charge in [-0.15, -0.1) is 0 Å². The number of ether oxygens (including phenoxy) is 2. The Bertz CT molecular complexity index is 1100. The van der Waals surface area contributed by atoms with E-state index >= 15 is 0 Å². The molecule has 2 aromatic carbocycles. The SMILES string of the molecule is CCOC(=O)C(C(=O)OCC)c1c(C(=O)c2cccc(C)c2)[nH]c2cc(Cl)ccc12. The molecule has 0 spiro atoms. The molecule has 1 aromatic heterocycles. The van der Waals surface area contributed by atoms with E-state index in [1.165, 1.54) is 0 Å². The highest BCUT2D eigenvalue weighted by Crippen LogP contribution is 2.34. The number of aryl methyl sites for hydroxylation is 1. The predicted molar refractivity (Wildman–Crippen MR) is 114 cm³/mol. The van der Waals surface area contributed by atoms with Crippen LogP contribution in [0.25, 0.3) is 10.9 Å². The first-order valence-corrected chi connectivity index (χ1v) is 10.0. The van der Waals surface area contributed by atoms with Crippen molar-refractivity contribution in [2.24, 2.45) is 0 Å². The smallest absolute Gasteiger partial charge is 0.324 e. The topological polar surface area (TPSA) is 85.5 Å². The zero-order valence-electron chi connectivity index (χ0n) is 17.0. The molecule has 3 rings (SSSR count). The van der Waals surface area contributed by atoms with Gasteiger partial charge in [-0.1, -0.05) is 41.4 Å². The van der Waals surface area contributed by atoms with Crippen molar-refractivity contribution in [1.29, 1.82) is 0 Å². The quantitative estimate of drug-likeness (QED) is 0.339. The van der Waals surface area contributed by atoms with Crippen LogP contribution in [0.4, 0.5) is 0 Å². The summed E-state index contributed by atoms with van der Waals surface area (Å²) in [6.45, 7) is 5.35. The van der Waals surface area contributed by atoms with Crippen molar-refractivity contribution in [2.45, 2.75) is 26.7 Å². The third-order valence-electron chi connectivity index (χ3n) is 4.64. The second kappa shape index (κ2) is 9.13. The second-order valence-electron chi connectivity index (χ2n) is 6.74. The third-order valence-corrected chi connectivity index (χ3v) is 4.88.